The van der Waals surface area contributed by atoms with Crippen LogP contribution in [0.2, 0.25) is 0 Å². The number of hydrogen-bond donors (Lipinski definition) is 4. The van der Waals surface area contributed by atoms with Crippen LogP contribution in [0.25, 0.3) is 174 Å². The minimum Gasteiger partial charge on any atom is -0.483 e. The van der Waals surface area contributed by atoms with E-state index in [1.165, 1.54) is 21.5 Å². The molecule has 148 heavy (non-hydrogen) atoms. The van der Waals surface area contributed by atoms with Crippen LogP contribution in [-0.2, 0) is 117 Å². The highest BCUT2D eigenvalue weighted by atomic mass is 16.5. The van der Waals surface area contributed by atoms with Gasteiger partial charge < -0.3 is 59.2 Å². The molecule has 0 atom stereocenters. The molecule has 4 amide bonds. The monoisotopic (exact) mass is 1930 g/mol. The van der Waals surface area contributed by atoms with Gasteiger partial charge in [0.05, 0.1) is 52.9 Å². The van der Waals surface area contributed by atoms with Crippen LogP contribution in [0.1, 0.15) is 66.8 Å². The first-order valence-corrected chi connectivity index (χ1v) is 50.3. The number of benzene rings is 24. The van der Waals surface area contributed by atoms with Crippen molar-refractivity contribution in [3.8, 4) is 67.5 Å². The lowest BCUT2D eigenvalue weighted by Gasteiger charge is -2.22. The van der Waals surface area contributed by atoms with Crippen LogP contribution in [0.5, 0.6) is 23.0 Å². The van der Waals surface area contributed by atoms with E-state index in [0.717, 1.165) is 174 Å². The molecule has 1 heterocycles. The number of amides is 4. The molecule has 0 fully saturated rings. The molecule has 0 aliphatic carbocycles. The van der Waals surface area contributed by atoms with E-state index in [4.69, 9.17) is 37.9 Å². The molecule has 720 valence electrons. The van der Waals surface area contributed by atoms with Gasteiger partial charge in [-0.25, -0.2) is 0 Å². The quantitative estimate of drug-likeness (QED) is 0.0420. The molecule has 0 saturated heterocycles. The highest BCUT2D eigenvalue weighted by Crippen LogP contribution is 2.46. The Labute approximate surface area is 853 Å². The third-order valence-electron chi connectivity index (χ3n) is 29.2. The predicted octanol–water partition coefficient (Wildman–Crippen LogP) is 27.9. The summed E-state index contributed by atoms with van der Waals surface area (Å²) in [6.07, 6.45) is 0. The first kappa shape index (κ1) is 91.6. The van der Waals surface area contributed by atoms with Crippen LogP contribution >= 0.6 is 0 Å². The molecule has 0 aromatic heterocycles. The van der Waals surface area contributed by atoms with Gasteiger partial charge in [-0.15, -0.1) is 0 Å². The summed E-state index contributed by atoms with van der Waals surface area (Å²) in [5.41, 5.74) is 15.5. The van der Waals surface area contributed by atoms with Crippen molar-refractivity contribution in [1.82, 2.24) is 21.3 Å². The van der Waals surface area contributed by atoms with Crippen molar-refractivity contribution >= 4 is 153 Å². The zero-order valence-corrected chi connectivity index (χ0v) is 81.2. The minimum atomic E-state index is -0.389. The number of ether oxygens (including phenoxy) is 8. The Morgan fingerprint density at radius 2 is 0.351 bits per heavy atom. The van der Waals surface area contributed by atoms with E-state index in [9.17, 15) is 19.2 Å². The maximum absolute atomic E-state index is 15.0. The fourth-order valence-electron chi connectivity index (χ4n) is 22.2. The first-order chi connectivity index (χ1) is 73.0. The third-order valence-corrected chi connectivity index (χ3v) is 29.2. The Morgan fingerprint density at radius 3 is 0.541 bits per heavy atom. The Balaban J connectivity index is 0.597. The number of hydrogen-bond acceptors (Lipinski definition) is 12. The Bertz CT molecular complexity index is 7990. The standard InChI is InChI=1S/C132H100N4O12/c137-117(133-65-97-45-41-93-37-33-85-25-13-29-89-49-53-113(97)125(93)121(85)89)77-145-129-105-57-101(81-17-5-1-6-18-81)58-106(129)70-142-72-108-60-103(83-21-9-3-10-22-83)62-110(131(108)147-79-119(139)135-67-99-47-43-95-39-35-87-27-15-31-91-51-55-115(99)127(95)123(87)91)74-144-76-112-64-104(84-23-11-4-12-24-84)63-111(132(112)148-80-120(140)136-68-100-48-44-96-40-36-88-28-16-32-92-52-56-116(100)128(96)124(88)92)75-143-73-109-61-102(82-19-7-2-8-20-82)59-107(71-141-69-105)130(109)146-78-118(138)134-66-98-46-42-94-38-34-86-26-14-30-90-50-54-114(98)126(94)122(86)90/h1-64H,65-80H2,(H,133,137)(H,134,138)(H,135,139)(H,136,140). The zero-order chi connectivity index (χ0) is 99.1. The van der Waals surface area contributed by atoms with Crippen molar-refractivity contribution < 1.29 is 57.1 Å². The summed E-state index contributed by atoms with van der Waals surface area (Å²) in [4.78, 5) is 59.8. The van der Waals surface area contributed by atoms with Crippen LogP contribution in [0.15, 0.2) is 388 Å². The normalized spacial score (nSPS) is 12.9. The topological polar surface area (TPSA) is 190 Å². The summed E-state index contributed by atoms with van der Waals surface area (Å²) < 4.78 is 57.1. The molecule has 16 nitrogen and oxygen atoms in total. The predicted molar refractivity (Wildman–Crippen MR) is 591 cm³/mol. The SMILES string of the molecule is O=C(COc1c2cc(-c3ccccc3)cc1COCc1cc(-c3ccccc3)cc(c1OCC(=O)NCc1ccc3ccc4cccc5ccc1c3c45)COCc1cc(-c3ccccc3)cc(c1OCC(=O)NCc1ccc3ccc4cccc5ccc1c3c45)COCc1cc(-c3ccccc3)cc(c1OCC(=O)NCc1ccc3ccc4cccc5ccc1c3c45)COC2)NCc1ccc2ccc3cccc4ccc1c2c34. The summed E-state index contributed by atoms with van der Waals surface area (Å²) in [6.45, 7) is -1.26. The largest absolute Gasteiger partial charge is 0.483 e. The minimum absolute atomic E-state index is 0.0753. The molecule has 0 saturated carbocycles. The number of fused-ring (bicyclic) bond motifs is 8. The lowest BCUT2D eigenvalue weighted by molar-refractivity contribution is -0.124. The van der Waals surface area contributed by atoms with Gasteiger partial charge in [0.25, 0.3) is 23.6 Å². The number of rotatable bonds is 24. The van der Waals surface area contributed by atoms with Gasteiger partial charge in [-0.2, -0.15) is 0 Å². The van der Waals surface area contributed by atoms with Crippen LogP contribution in [-0.4, -0.2) is 50.1 Å². The Hall–Kier alpha value is -17.6. The van der Waals surface area contributed by atoms with E-state index in [1.54, 1.807) is 0 Å². The van der Waals surface area contributed by atoms with E-state index in [-0.39, 0.29) is 129 Å². The highest BCUT2D eigenvalue weighted by Gasteiger charge is 2.28. The second-order valence-electron chi connectivity index (χ2n) is 38.5. The lowest BCUT2D eigenvalue weighted by Crippen LogP contribution is -2.29. The van der Waals surface area contributed by atoms with Crippen molar-refractivity contribution in [2.45, 2.75) is 79.0 Å². The molecular weight excluding hydrogens is 1830 g/mol. The average molecular weight is 1930 g/mol. The van der Waals surface area contributed by atoms with Gasteiger partial charge in [0.2, 0.25) is 0 Å². The van der Waals surface area contributed by atoms with Crippen LogP contribution < -0.4 is 40.2 Å². The van der Waals surface area contributed by atoms with Gasteiger partial charge in [-0.3, -0.25) is 19.2 Å². The second kappa shape index (κ2) is 40.2. The fraction of sp³-hybridized carbons (Fsp3) is 0.121. The molecule has 0 radical (unpaired) electrons. The molecule has 25 rings (SSSR count). The van der Waals surface area contributed by atoms with Gasteiger partial charge in [-0.1, -0.05) is 340 Å². The van der Waals surface area contributed by atoms with Crippen molar-refractivity contribution in [1.29, 1.82) is 0 Å². The summed E-state index contributed by atoms with van der Waals surface area (Å²) >= 11 is 0. The van der Waals surface area contributed by atoms with Gasteiger partial charge >= 0.3 is 0 Å². The molecule has 0 spiro atoms. The second-order valence-corrected chi connectivity index (χ2v) is 38.5. The number of carbonyl (C=O) groups is 4. The van der Waals surface area contributed by atoms with Crippen molar-refractivity contribution in [3.63, 3.8) is 0 Å². The van der Waals surface area contributed by atoms with Crippen LogP contribution in [0.3, 0.4) is 0 Å². The summed E-state index contributed by atoms with van der Waals surface area (Å²) in [7, 11) is 0. The smallest absolute Gasteiger partial charge is 0.258 e. The first-order valence-electron chi connectivity index (χ1n) is 50.3. The summed E-state index contributed by atoms with van der Waals surface area (Å²) in [6, 6.07) is 133. The average Bonchev–Trinajstić information content (AvgIpc) is 0.748. The molecule has 8 bridgehead atoms. The highest BCUT2D eigenvalue weighted by molar-refractivity contribution is 6.27. The maximum atomic E-state index is 15.0. The zero-order valence-electron chi connectivity index (χ0n) is 81.2. The van der Waals surface area contributed by atoms with Gasteiger partial charge in [0.15, 0.2) is 26.4 Å². The molecular formula is C132H100N4O12. The van der Waals surface area contributed by atoms with E-state index in [2.05, 4.69) is 240 Å². The van der Waals surface area contributed by atoms with E-state index >= 15 is 0 Å². The maximum Gasteiger partial charge on any atom is 0.258 e. The van der Waals surface area contributed by atoms with E-state index < -0.39 is 0 Å². The van der Waals surface area contributed by atoms with Crippen molar-refractivity contribution in [3.05, 3.63) is 455 Å². The van der Waals surface area contributed by atoms with E-state index in [1.807, 2.05) is 170 Å². The Kier molecular flexibility index (Phi) is 24.8. The van der Waals surface area contributed by atoms with Gasteiger partial charge in [0, 0.05) is 70.7 Å². The summed E-state index contributed by atoms with van der Waals surface area (Å²) in [5, 5.41) is 40.1. The van der Waals surface area contributed by atoms with Crippen LogP contribution in [0.4, 0.5) is 0 Å². The molecule has 0 unspecified atom stereocenters. The van der Waals surface area contributed by atoms with Crippen molar-refractivity contribution in [2.75, 3.05) is 26.4 Å². The van der Waals surface area contributed by atoms with Gasteiger partial charge in [-0.05, 0) is 245 Å². The molecule has 1 aliphatic rings. The molecule has 1 aliphatic heterocycles. The third kappa shape index (κ3) is 18.2. The fourth-order valence-corrected chi connectivity index (χ4v) is 22.2. The van der Waals surface area contributed by atoms with Crippen molar-refractivity contribution in [2.24, 2.45) is 0 Å². The Morgan fingerprint density at radius 1 is 0.182 bits per heavy atom. The molecule has 16 heteroatoms. The molecule has 4 N–H and O–H groups in total. The lowest BCUT2D eigenvalue weighted by atomic mass is 9.92. The molecule has 24 aromatic carbocycles. The van der Waals surface area contributed by atoms with Crippen LogP contribution in [0, 0.1) is 0 Å². The van der Waals surface area contributed by atoms with E-state index in [0.29, 0.717) is 67.5 Å². The molecule has 24 aromatic rings. The number of nitrogens with one attached hydrogen (secondary N) is 4. The number of carbonyl (C=O) groups excluding carboxylic acids is 4. The van der Waals surface area contributed by atoms with Gasteiger partial charge in [0.1, 0.15) is 23.0 Å². The summed E-state index contributed by atoms with van der Waals surface area (Å²) in [5.74, 6) is 0.0256.